The first-order valence-corrected chi connectivity index (χ1v) is 11.8. The molecular formula is C27H38N2O3. The maximum absolute atomic E-state index is 12.6. The zero-order chi connectivity index (χ0) is 23.4. The van der Waals surface area contributed by atoms with E-state index in [2.05, 4.69) is 57.1 Å². The summed E-state index contributed by atoms with van der Waals surface area (Å²) in [5.41, 5.74) is 2.55. The van der Waals surface area contributed by atoms with E-state index in [9.17, 15) is 4.79 Å². The quantitative estimate of drug-likeness (QED) is 0.504. The van der Waals surface area contributed by atoms with E-state index < -0.39 is 6.09 Å². The minimum Gasteiger partial charge on any atom is -0.446 e. The van der Waals surface area contributed by atoms with E-state index in [1.165, 1.54) is 0 Å². The van der Waals surface area contributed by atoms with Crippen molar-refractivity contribution in [2.45, 2.75) is 90.5 Å². The highest BCUT2D eigenvalue weighted by molar-refractivity contribution is 5.84. The number of nitrogens with one attached hydrogen (secondary N) is 1. The summed E-state index contributed by atoms with van der Waals surface area (Å²) in [7, 11) is 0. The molecule has 2 unspecified atom stereocenters. The van der Waals surface area contributed by atoms with Crippen molar-refractivity contribution < 1.29 is 14.4 Å². The van der Waals surface area contributed by atoms with Crippen LogP contribution in [0.15, 0.2) is 54.6 Å². The number of hydrogen-bond donors (Lipinski definition) is 1. The molecule has 5 heteroatoms. The predicted molar refractivity (Wildman–Crippen MR) is 129 cm³/mol. The van der Waals surface area contributed by atoms with Crippen molar-refractivity contribution in [2.75, 3.05) is 5.32 Å². The summed E-state index contributed by atoms with van der Waals surface area (Å²) in [4.78, 5) is 19.3. The van der Waals surface area contributed by atoms with Gasteiger partial charge in [0, 0.05) is 29.6 Å². The van der Waals surface area contributed by atoms with Gasteiger partial charge in [0.2, 0.25) is 0 Å². The Labute approximate surface area is 193 Å². The molecule has 2 aromatic rings. The molecule has 0 bridgehead atoms. The van der Waals surface area contributed by atoms with Crippen LogP contribution in [0, 0.1) is 6.92 Å². The van der Waals surface area contributed by atoms with Gasteiger partial charge in [-0.15, -0.1) is 0 Å². The fourth-order valence-corrected chi connectivity index (χ4v) is 4.90. The van der Waals surface area contributed by atoms with Gasteiger partial charge in [0.05, 0.1) is 0 Å². The maximum Gasteiger partial charge on any atom is 0.411 e. The average Bonchev–Trinajstić information content (AvgIpc) is 2.77. The van der Waals surface area contributed by atoms with Crippen LogP contribution in [0.2, 0.25) is 0 Å². The van der Waals surface area contributed by atoms with Crippen LogP contribution in [0.3, 0.4) is 0 Å². The van der Waals surface area contributed by atoms with Gasteiger partial charge >= 0.3 is 6.09 Å². The lowest BCUT2D eigenvalue weighted by Crippen LogP contribution is -2.64. The fourth-order valence-electron chi connectivity index (χ4n) is 4.90. The van der Waals surface area contributed by atoms with Gasteiger partial charge in [0.25, 0.3) is 0 Å². The minimum atomic E-state index is -0.400. The first kappa shape index (κ1) is 24.3. The highest BCUT2D eigenvalue weighted by atomic mass is 16.7. The third-order valence-electron chi connectivity index (χ3n) is 6.74. The molecule has 2 atom stereocenters. The van der Waals surface area contributed by atoms with Crippen LogP contribution >= 0.6 is 0 Å². The summed E-state index contributed by atoms with van der Waals surface area (Å²) in [5.74, 6) is 0. The van der Waals surface area contributed by atoms with E-state index in [0.717, 1.165) is 36.1 Å². The third kappa shape index (κ3) is 5.51. The molecule has 0 aliphatic carbocycles. The Morgan fingerprint density at radius 1 is 1.06 bits per heavy atom. The highest BCUT2D eigenvalue weighted by Crippen LogP contribution is 2.45. The number of piperidine rings is 1. The van der Waals surface area contributed by atoms with Gasteiger partial charge in [-0.3, -0.25) is 10.2 Å². The monoisotopic (exact) mass is 438 g/mol. The second kappa shape index (κ2) is 10.1. The second-order valence-corrected chi connectivity index (χ2v) is 9.62. The molecule has 3 rings (SSSR count). The Morgan fingerprint density at radius 3 is 2.28 bits per heavy atom. The molecule has 1 saturated heterocycles. The van der Waals surface area contributed by atoms with Crippen molar-refractivity contribution in [3.8, 4) is 0 Å². The summed E-state index contributed by atoms with van der Waals surface area (Å²) >= 11 is 0. The molecule has 1 heterocycles. The van der Waals surface area contributed by atoms with Crippen LogP contribution in [0.5, 0.6) is 0 Å². The fraction of sp³-hybridized carbons (Fsp3) is 0.519. The molecule has 1 N–H and O–H groups in total. The minimum absolute atomic E-state index is 0.0599. The zero-order valence-corrected chi connectivity index (χ0v) is 20.4. The first-order chi connectivity index (χ1) is 15.2. The van der Waals surface area contributed by atoms with Crippen molar-refractivity contribution >= 4 is 11.8 Å². The Balaban J connectivity index is 1.74. The summed E-state index contributed by atoms with van der Waals surface area (Å²) in [6.45, 7) is 12.9. The summed E-state index contributed by atoms with van der Waals surface area (Å²) < 4.78 is 5.93. The Kier molecular flexibility index (Phi) is 7.63. The number of nitrogens with zero attached hydrogens (tertiary/aromatic N) is 1. The molecule has 1 aliphatic rings. The second-order valence-electron chi connectivity index (χ2n) is 9.62. The number of hydrogen-bond acceptors (Lipinski definition) is 4. The molecule has 174 valence electrons. The number of amides is 1. The van der Waals surface area contributed by atoms with Crippen LogP contribution in [0.1, 0.15) is 77.5 Å². The first-order valence-electron chi connectivity index (χ1n) is 11.8. The lowest BCUT2D eigenvalue weighted by atomic mass is 9.75. The predicted octanol–water partition coefficient (Wildman–Crippen LogP) is 7.04. The SMILES string of the molecule is CCC1(CC)CC(OC(=O)Nc2ccc(C)cc2)CC(C)(C)N1OC(C)c1ccccc1. The average molecular weight is 439 g/mol. The van der Waals surface area contributed by atoms with Crippen molar-refractivity contribution in [3.05, 3.63) is 65.7 Å². The standard InChI is InChI=1S/C27H38N2O3/c1-7-27(8-2)19-24(31-25(30)28-23-16-14-20(3)15-17-23)18-26(5,6)29(27)32-21(4)22-12-10-9-11-13-22/h9-17,21,24H,7-8,18-19H2,1-6H3,(H,28,30). The van der Waals surface area contributed by atoms with Crippen LogP contribution in [-0.2, 0) is 9.57 Å². The number of aryl methyl sites for hydroxylation is 1. The molecule has 0 radical (unpaired) electrons. The topological polar surface area (TPSA) is 50.8 Å². The highest BCUT2D eigenvalue weighted by Gasteiger charge is 2.51. The summed E-state index contributed by atoms with van der Waals surface area (Å²) in [6, 6.07) is 18.0. The van der Waals surface area contributed by atoms with E-state index in [1.807, 2.05) is 49.4 Å². The largest absolute Gasteiger partial charge is 0.446 e. The Bertz CT molecular complexity index is 876. The number of benzene rings is 2. The van der Waals surface area contributed by atoms with E-state index in [0.29, 0.717) is 6.42 Å². The molecule has 1 amide bonds. The zero-order valence-electron chi connectivity index (χ0n) is 20.4. The van der Waals surface area contributed by atoms with Crippen LogP contribution < -0.4 is 5.32 Å². The van der Waals surface area contributed by atoms with Gasteiger partial charge < -0.3 is 4.74 Å². The molecule has 0 spiro atoms. The van der Waals surface area contributed by atoms with Crippen LogP contribution in [0.4, 0.5) is 10.5 Å². The number of hydroxylamine groups is 2. The Hall–Kier alpha value is -2.37. The van der Waals surface area contributed by atoms with Crippen molar-refractivity contribution in [2.24, 2.45) is 0 Å². The molecule has 2 aromatic carbocycles. The third-order valence-corrected chi connectivity index (χ3v) is 6.74. The number of carbonyl (C=O) groups excluding carboxylic acids is 1. The van der Waals surface area contributed by atoms with Gasteiger partial charge in [-0.1, -0.05) is 61.9 Å². The lowest BCUT2D eigenvalue weighted by molar-refractivity contribution is -0.322. The number of rotatable bonds is 7. The summed E-state index contributed by atoms with van der Waals surface area (Å²) in [6.07, 6.45) is 2.63. The number of anilines is 1. The van der Waals surface area contributed by atoms with Gasteiger partial charge in [-0.25, -0.2) is 4.79 Å². The molecular weight excluding hydrogens is 400 g/mol. The van der Waals surface area contributed by atoms with Crippen molar-refractivity contribution in [1.82, 2.24) is 5.06 Å². The van der Waals surface area contributed by atoms with E-state index in [-0.39, 0.29) is 23.3 Å². The molecule has 5 nitrogen and oxygen atoms in total. The van der Waals surface area contributed by atoms with Crippen LogP contribution in [-0.4, -0.2) is 28.3 Å². The molecule has 0 aromatic heterocycles. The number of ether oxygens (including phenoxy) is 1. The molecule has 1 fully saturated rings. The van der Waals surface area contributed by atoms with Gasteiger partial charge in [0.15, 0.2) is 0 Å². The molecule has 0 saturated carbocycles. The van der Waals surface area contributed by atoms with Crippen molar-refractivity contribution in [3.63, 3.8) is 0 Å². The van der Waals surface area contributed by atoms with E-state index >= 15 is 0 Å². The smallest absolute Gasteiger partial charge is 0.411 e. The van der Waals surface area contributed by atoms with E-state index in [4.69, 9.17) is 9.57 Å². The van der Waals surface area contributed by atoms with Gasteiger partial charge in [-0.05, 0) is 58.2 Å². The van der Waals surface area contributed by atoms with Crippen molar-refractivity contribution in [1.29, 1.82) is 0 Å². The van der Waals surface area contributed by atoms with Gasteiger partial charge in [0.1, 0.15) is 12.2 Å². The van der Waals surface area contributed by atoms with E-state index in [1.54, 1.807) is 0 Å². The van der Waals surface area contributed by atoms with Crippen LogP contribution in [0.25, 0.3) is 0 Å². The summed E-state index contributed by atoms with van der Waals surface area (Å²) in [5, 5.41) is 5.07. The normalized spacial score (nSPS) is 21.0. The Morgan fingerprint density at radius 2 is 1.69 bits per heavy atom. The number of carbonyl (C=O) groups is 1. The van der Waals surface area contributed by atoms with Gasteiger partial charge in [-0.2, -0.15) is 5.06 Å². The molecule has 1 aliphatic heterocycles. The lowest BCUT2D eigenvalue weighted by Gasteiger charge is -2.56. The molecule has 32 heavy (non-hydrogen) atoms. The maximum atomic E-state index is 12.6.